The Labute approximate surface area is 144 Å². The van der Waals surface area contributed by atoms with Crippen LogP contribution in [0.3, 0.4) is 0 Å². The van der Waals surface area contributed by atoms with Crippen molar-refractivity contribution in [3.63, 3.8) is 0 Å². The molecule has 5 nitrogen and oxygen atoms in total. The Morgan fingerprint density at radius 2 is 2.04 bits per heavy atom. The highest BCUT2D eigenvalue weighted by atomic mass is 16.5. The van der Waals surface area contributed by atoms with E-state index < -0.39 is 0 Å². The molecule has 1 aromatic heterocycles. The lowest BCUT2D eigenvalue weighted by Crippen LogP contribution is -2.45. The normalized spacial score (nSPS) is 22.7. The van der Waals surface area contributed by atoms with E-state index in [9.17, 15) is 0 Å². The molecular weight excluding hydrogens is 300 g/mol. The molecule has 130 valence electrons. The number of nitrogens with one attached hydrogen (secondary N) is 2. The number of H-pyrrole nitrogens is 1. The average molecular weight is 328 g/mol. The van der Waals surface area contributed by atoms with Crippen molar-refractivity contribution in [3.05, 3.63) is 29.5 Å². The van der Waals surface area contributed by atoms with E-state index in [2.05, 4.69) is 45.3 Å². The van der Waals surface area contributed by atoms with Crippen LogP contribution in [0.1, 0.15) is 23.7 Å². The Balaban J connectivity index is 1.50. The highest BCUT2D eigenvalue weighted by molar-refractivity contribution is 5.86. The lowest BCUT2D eigenvalue weighted by Gasteiger charge is -2.34. The van der Waals surface area contributed by atoms with Crippen molar-refractivity contribution in [2.45, 2.75) is 18.9 Å². The molecule has 4 rings (SSSR count). The van der Waals surface area contributed by atoms with Crippen molar-refractivity contribution in [1.29, 1.82) is 0 Å². The number of piperazine rings is 1. The van der Waals surface area contributed by atoms with Gasteiger partial charge in [0, 0.05) is 61.4 Å². The second-order valence-corrected chi connectivity index (χ2v) is 7.12. The molecule has 0 saturated carbocycles. The summed E-state index contributed by atoms with van der Waals surface area (Å²) in [5.41, 5.74) is 4.08. The van der Waals surface area contributed by atoms with Gasteiger partial charge in [0.25, 0.3) is 0 Å². The molecule has 2 aromatic rings. The van der Waals surface area contributed by atoms with Crippen LogP contribution >= 0.6 is 0 Å². The molecule has 0 bridgehead atoms. The number of methoxy groups -OCH3 is 1. The maximum atomic E-state index is 5.37. The molecule has 2 aliphatic rings. The van der Waals surface area contributed by atoms with Crippen LogP contribution < -0.4 is 10.1 Å². The van der Waals surface area contributed by atoms with Gasteiger partial charge in [-0.25, -0.2) is 0 Å². The van der Waals surface area contributed by atoms with Gasteiger partial charge in [-0.1, -0.05) is 0 Å². The van der Waals surface area contributed by atoms with Crippen molar-refractivity contribution >= 4 is 10.9 Å². The second-order valence-electron chi connectivity index (χ2n) is 7.12. The Hall–Kier alpha value is -1.56. The Morgan fingerprint density at radius 1 is 1.21 bits per heavy atom. The van der Waals surface area contributed by atoms with E-state index in [4.69, 9.17) is 4.74 Å². The maximum Gasteiger partial charge on any atom is 0.120 e. The van der Waals surface area contributed by atoms with Crippen LogP contribution in [0.25, 0.3) is 10.9 Å². The molecule has 5 heteroatoms. The van der Waals surface area contributed by atoms with E-state index in [-0.39, 0.29) is 0 Å². The number of benzene rings is 1. The summed E-state index contributed by atoms with van der Waals surface area (Å²) in [7, 11) is 3.94. The first-order chi connectivity index (χ1) is 11.7. The predicted octanol–water partition coefficient (Wildman–Crippen LogP) is 2.00. The van der Waals surface area contributed by atoms with Crippen LogP contribution in [0.4, 0.5) is 0 Å². The molecule has 24 heavy (non-hydrogen) atoms. The predicted molar refractivity (Wildman–Crippen MR) is 97.9 cm³/mol. The first-order valence-electron chi connectivity index (χ1n) is 9.07. The Kier molecular flexibility index (Phi) is 4.48. The van der Waals surface area contributed by atoms with Crippen molar-refractivity contribution in [2.75, 3.05) is 53.4 Å². The van der Waals surface area contributed by atoms with E-state index in [0.29, 0.717) is 6.04 Å². The fourth-order valence-electron chi connectivity index (χ4n) is 4.05. The number of fused-ring (bicyclic) bond motifs is 3. The monoisotopic (exact) mass is 328 g/mol. The van der Waals surface area contributed by atoms with Gasteiger partial charge in [0.05, 0.1) is 7.11 Å². The molecule has 0 spiro atoms. The van der Waals surface area contributed by atoms with Gasteiger partial charge in [-0.3, -0.25) is 0 Å². The zero-order valence-corrected chi connectivity index (χ0v) is 14.8. The summed E-state index contributed by atoms with van der Waals surface area (Å²) in [6.45, 7) is 7.01. The zero-order valence-electron chi connectivity index (χ0n) is 14.8. The highest BCUT2D eigenvalue weighted by Crippen LogP contribution is 2.33. The Bertz CT molecular complexity index is 703. The minimum atomic E-state index is 0.437. The van der Waals surface area contributed by atoms with Crippen LogP contribution in [-0.4, -0.2) is 68.2 Å². The van der Waals surface area contributed by atoms with Gasteiger partial charge in [-0.05, 0) is 44.1 Å². The van der Waals surface area contributed by atoms with Gasteiger partial charge < -0.3 is 24.8 Å². The maximum absolute atomic E-state index is 5.37. The van der Waals surface area contributed by atoms with Gasteiger partial charge in [0.2, 0.25) is 0 Å². The van der Waals surface area contributed by atoms with E-state index >= 15 is 0 Å². The van der Waals surface area contributed by atoms with Crippen LogP contribution in [0, 0.1) is 0 Å². The van der Waals surface area contributed by atoms with Crippen molar-refractivity contribution in [2.24, 2.45) is 0 Å². The van der Waals surface area contributed by atoms with Crippen molar-refractivity contribution in [3.8, 4) is 5.75 Å². The van der Waals surface area contributed by atoms with E-state index in [1.807, 2.05) is 0 Å². The van der Waals surface area contributed by atoms with Gasteiger partial charge in [-0.15, -0.1) is 0 Å². The van der Waals surface area contributed by atoms with E-state index in [0.717, 1.165) is 18.7 Å². The number of aromatic amines is 1. The summed E-state index contributed by atoms with van der Waals surface area (Å²) in [4.78, 5) is 8.68. The molecule has 3 heterocycles. The molecule has 1 aromatic carbocycles. The second kappa shape index (κ2) is 6.75. The number of nitrogens with zero attached hydrogens (tertiary/aromatic N) is 2. The van der Waals surface area contributed by atoms with Crippen LogP contribution in [0.2, 0.25) is 0 Å². The van der Waals surface area contributed by atoms with Crippen molar-refractivity contribution < 1.29 is 4.74 Å². The quantitative estimate of drug-likeness (QED) is 0.901. The van der Waals surface area contributed by atoms with E-state index in [1.165, 1.54) is 61.3 Å². The summed E-state index contributed by atoms with van der Waals surface area (Å²) in [5, 5.41) is 5.07. The number of hydrogen-bond donors (Lipinski definition) is 2. The molecule has 0 unspecified atom stereocenters. The Morgan fingerprint density at radius 3 is 2.83 bits per heavy atom. The largest absolute Gasteiger partial charge is 0.497 e. The van der Waals surface area contributed by atoms with Gasteiger partial charge in [-0.2, -0.15) is 0 Å². The molecule has 2 aliphatic heterocycles. The molecule has 0 amide bonds. The lowest BCUT2D eigenvalue weighted by atomic mass is 9.97. The number of ether oxygens (including phenoxy) is 1. The lowest BCUT2D eigenvalue weighted by molar-refractivity contribution is 0.148. The minimum absolute atomic E-state index is 0.437. The molecule has 1 atom stereocenters. The van der Waals surface area contributed by atoms with Gasteiger partial charge >= 0.3 is 0 Å². The third-order valence-corrected chi connectivity index (χ3v) is 5.59. The van der Waals surface area contributed by atoms with Gasteiger partial charge in [0.1, 0.15) is 5.75 Å². The molecule has 1 saturated heterocycles. The zero-order chi connectivity index (χ0) is 16.5. The van der Waals surface area contributed by atoms with Crippen LogP contribution in [0.5, 0.6) is 5.75 Å². The first-order valence-corrected chi connectivity index (χ1v) is 9.07. The molecule has 1 fully saturated rings. The molecule has 2 N–H and O–H groups in total. The summed E-state index contributed by atoms with van der Waals surface area (Å²) < 4.78 is 5.37. The SMILES string of the molecule is COc1ccc2c3c([nH]c2c1)[C@@H](CCN1CCN(C)CC1)NCC3. The standard InChI is InChI=1S/C19H28N4O/c1-22-9-11-23(12-10-22)8-6-17-19-16(5-7-20-17)15-4-3-14(24-2)13-18(15)21-19/h3-4,13,17,20-21H,5-12H2,1-2H3/t17-/m1/s1. The smallest absolute Gasteiger partial charge is 0.120 e. The van der Waals surface area contributed by atoms with Gasteiger partial charge in [0.15, 0.2) is 0 Å². The number of aromatic nitrogens is 1. The summed E-state index contributed by atoms with van der Waals surface area (Å²) in [6.07, 6.45) is 2.27. The summed E-state index contributed by atoms with van der Waals surface area (Å²) in [6, 6.07) is 6.82. The molecular formula is C19H28N4O. The third-order valence-electron chi connectivity index (χ3n) is 5.59. The van der Waals surface area contributed by atoms with E-state index in [1.54, 1.807) is 7.11 Å². The fraction of sp³-hybridized carbons (Fsp3) is 0.579. The fourth-order valence-corrected chi connectivity index (χ4v) is 4.05. The van der Waals surface area contributed by atoms with Crippen LogP contribution in [-0.2, 0) is 6.42 Å². The highest BCUT2D eigenvalue weighted by Gasteiger charge is 2.25. The minimum Gasteiger partial charge on any atom is -0.497 e. The van der Waals surface area contributed by atoms with Crippen molar-refractivity contribution in [1.82, 2.24) is 20.1 Å². The molecule has 0 radical (unpaired) electrons. The van der Waals surface area contributed by atoms with Crippen LogP contribution in [0.15, 0.2) is 18.2 Å². The first kappa shape index (κ1) is 15.9. The number of rotatable bonds is 4. The third kappa shape index (κ3) is 3.04. The summed E-state index contributed by atoms with van der Waals surface area (Å²) in [5.74, 6) is 0.919. The number of likely N-dealkylation sites (N-methyl/N-ethyl adjacent to an activating group) is 1. The molecule has 0 aliphatic carbocycles. The topological polar surface area (TPSA) is 43.5 Å². The average Bonchev–Trinajstić information content (AvgIpc) is 2.99. The summed E-state index contributed by atoms with van der Waals surface area (Å²) >= 11 is 0. The number of hydrogen-bond acceptors (Lipinski definition) is 4.